The van der Waals surface area contributed by atoms with Crippen LogP contribution in [0.3, 0.4) is 0 Å². The van der Waals surface area contributed by atoms with Gasteiger partial charge in [0.1, 0.15) is 0 Å². The van der Waals surface area contributed by atoms with Gasteiger partial charge in [-0.15, -0.1) is 0 Å². The molecule has 1 unspecified atom stereocenters. The molecule has 2 rings (SSSR count). The first-order valence-electron chi connectivity index (χ1n) is 5.13. The minimum Gasteiger partial charge on any atom is -0.479 e. The third kappa shape index (κ3) is 1.23. The van der Waals surface area contributed by atoms with E-state index in [2.05, 4.69) is 0 Å². The highest BCUT2D eigenvalue weighted by Crippen LogP contribution is 2.40. The van der Waals surface area contributed by atoms with Gasteiger partial charge in [0, 0.05) is 7.05 Å². The Kier molecular flexibility index (Phi) is 2.42. The van der Waals surface area contributed by atoms with E-state index in [9.17, 15) is 14.7 Å². The van der Waals surface area contributed by atoms with Crippen LogP contribution in [0.1, 0.15) is 17.5 Å². The smallest absolute Gasteiger partial charge is 0.334 e. The number of amides is 1. The molecule has 1 N–H and O–H groups in total. The maximum Gasteiger partial charge on any atom is 0.334 e. The molecule has 0 saturated carbocycles. The van der Waals surface area contributed by atoms with Crippen molar-refractivity contribution in [2.45, 2.75) is 18.4 Å². The van der Waals surface area contributed by atoms with Crippen molar-refractivity contribution in [2.24, 2.45) is 0 Å². The van der Waals surface area contributed by atoms with Crippen molar-refractivity contribution in [1.82, 2.24) is 4.90 Å². The molecule has 0 bridgehead atoms. The Balaban J connectivity index is 2.60. The van der Waals surface area contributed by atoms with E-state index in [4.69, 9.17) is 0 Å². The van der Waals surface area contributed by atoms with Gasteiger partial charge in [0.2, 0.25) is 6.41 Å². The van der Waals surface area contributed by atoms with Gasteiger partial charge < -0.3 is 10.0 Å². The van der Waals surface area contributed by atoms with Gasteiger partial charge in [-0.2, -0.15) is 0 Å². The Morgan fingerprint density at radius 1 is 1.50 bits per heavy atom. The molecule has 0 fully saturated rings. The summed E-state index contributed by atoms with van der Waals surface area (Å²) in [6, 6.07) is 7.40. The topological polar surface area (TPSA) is 57.6 Å². The van der Waals surface area contributed by atoms with Gasteiger partial charge in [0.05, 0.1) is 0 Å². The van der Waals surface area contributed by atoms with Crippen LogP contribution in [0.4, 0.5) is 0 Å². The van der Waals surface area contributed by atoms with Crippen molar-refractivity contribution in [3.63, 3.8) is 0 Å². The molecule has 84 valence electrons. The summed E-state index contributed by atoms with van der Waals surface area (Å²) in [5.41, 5.74) is 0.564. The van der Waals surface area contributed by atoms with Crippen LogP contribution in [-0.2, 0) is 21.5 Å². The number of carboxylic acid groups (broad SMARTS) is 1. The van der Waals surface area contributed by atoms with Crippen molar-refractivity contribution >= 4 is 12.4 Å². The third-order valence-corrected chi connectivity index (χ3v) is 3.33. The quantitative estimate of drug-likeness (QED) is 0.771. The van der Waals surface area contributed by atoms with Gasteiger partial charge >= 0.3 is 5.97 Å². The van der Waals surface area contributed by atoms with Crippen LogP contribution in [0.5, 0.6) is 0 Å². The molecule has 4 nitrogen and oxygen atoms in total. The second-order valence-corrected chi connectivity index (χ2v) is 4.04. The summed E-state index contributed by atoms with van der Waals surface area (Å²) in [7, 11) is 1.52. The van der Waals surface area contributed by atoms with Crippen molar-refractivity contribution in [2.75, 3.05) is 7.05 Å². The van der Waals surface area contributed by atoms with Crippen LogP contribution in [0.15, 0.2) is 24.3 Å². The van der Waals surface area contributed by atoms with Gasteiger partial charge in [-0.1, -0.05) is 24.3 Å². The Bertz CT molecular complexity index is 444. The molecule has 1 atom stereocenters. The highest BCUT2D eigenvalue weighted by atomic mass is 16.4. The number of carboxylic acids is 1. The predicted octanol–water partition coefficient (Wildman–Crippen LogP) is 1.00. The zero-order chi connectivity index (χ0) is 11.8. The van der Waals surface area contributed by atoms with Crippen molar-refractivity contribution < 1.29 is 14.7 Å². The molecular formula is C12H13NO3. The molecule has 16 heavy (non-hydrogen) atoms. The van der Waals surface area contributed by atoms with E-state index in [1.54, 1.807) is 12.1 Å². The van der Waals surface area contributed by atoms with Crippen LogP contribution in [0.2, 0.25) is 0 Å². The lowest BCUT2D eigenvalue weighted by Crippen LogP contribution is -2.48. The normalized spacial score (nSPS) is 22.6. The lowest BCUT2D eigenvalue weighted by molar-refractivity contribution is -0.154. The molecule has 1 aromatic rings. The van der Waals surface area contributed by atoms with E-state index in [0.29, 0.717) is 19.3 Å². The van der Waals surface area contributed by atoms with Crippen LogP contribution in [0, 0.1) is 0 Å². The number of nitrogens with zero attached hydrogens (tertiary/aromatic N) is 1. The highest BCUT2D eigenvalue weighted by Gasteiger charge is 2.48. The predicted molar refractivity (Wildman–Crippen MR) is 57.9 cm³/mol. The number of likely N-dealkylation sites (N-methyl/N-ethyl adjacent to an activating group) is 1. The largest absolute Gasteiger partial charge is 0.479 e. The van der Waals surface area contributed by atoms with Gasteiger partial charge in [0.25, 0.3) is 0 Å². The Hall–Kier alpha value is -1.84. The number of hydrogen-bond donors (Lipinski definition) is 1. The fraction of sp³-hybridized carbons (Fsp3) is 0.333. The van der Waals surface area contributed by atoms with Crippen molar-refractivity contribution in [3.8, 4) is 0 Å². The molecule has 0 saturated heterocycles. The van der Waals surface area contributed by atoms with Crippen LogP contribution >= 0.6 is 0 Å². The molecule has 1 aromatic carbocycles. The Morgan fingerprint density at radius 3 is 2.81 bits per heavy atom. The number of carbonyl (C=O) groups is 2. The van der Waals surface area contributed by atoms with Gasteiger partial charge in [-0.05, 0) is 24.0 Å². The van der Waals surface area contributed by atoms with Crippen molar-refractivity contribution in [1.29, 1.82) is 0 Å². The second kappa shape index (κ2) is 3.63. The minimum absolute atomic E-state index is 0.441. The molecule has 0 radical (unpaired) electrons. The van der Waals surface area contributed by atoms with Crippen molar-refractivity contribution in [3.05, 3.63) is 35.4 Å². The fourth-order valence-corrected chi connectivity index (χ4v) is 2.42. The molecule has 4 heteroatoms. The van der Waals surface area contributed by atoms with Gasteiger partial charge in [0.15, 0.2) is 5.54 Å². The zero-order valence-corrected chi connectivity index (χ0v) is 9.01. The number of carbonyl (C=O) groups excluding carboxylic acids is 1. The molecule has 0 aromatic heterocycles. The van der Waals surface area contributed by atoms with E-state index >= 15 is 0 Å². The second-order valence-electron chi connectivity index (χ2n) is 4.04. The molecule has 0 aliphatic heterocycles. The summed E-state index contributed by atoms with van der Waals surface area (Å²) in [6.07, 6.45) is 1.72. The molecule has 1 aliphatic rings. The summed E-state index contributed by atoms with van der Waals surface area (Å²) in [6.45, 7) is 0. The monoisotopic (exact) mass is 219 g/mol. The van der Waals surface area contributed by atoms with E-state index in [-0.39, 0.29) is 0 Å². The number of rotatable bonds is 3. The highest BCUT2D eigenvalue weighted by molar-refractivity contribution is 5.85. The standard InChI is InChI=1S/C12H13NO3/c1-13(8-14)12(11(15)16)7-6-9-4-2-3-5-10(9)12/h2-5,8H,6-7H2,1H3,(H,15,16). The maximum atomic E-state index is 11.5. The van der Waals surface area contributed by atoms with E-state index in [1.807, 2.05) is 12.1 Å². The first kappa shape index (κ1) is 10.7. The first-order chi connectivity index (χ1) is 7.63. The molecule has 0 spiro atoms. The maximum absolute atomic E-state index is 11.5. The Labute approximate surface area is 93.5 Å². The lowest BCUT2D eigenvalue weighted by Gasteiger charge is -2.32. The van der Waals surface area contributed by atoms with Crippen LogP contribution in [0.25, 0.3) is 0 Å². The average Bonchev–Trinajstić information content (AvgIpc) is 2.68. The van der Waals surface area contributed by atoms with E-state index < -0.39 is 11.5 Å². The zero-order valence-electron chi connectivity index (χ0n) is 9.01. The number of fused-ring (bicyclic) bond motifs is 1. The first-order valence-corrected chi connectivity index (χ1v) is 5.13. The minimum atomic E-state index is -1.18. The van der Waals surface area contributed by atoms with Gasteiger partial charge in [-0.3, -0.25) is 4.79 Å². The van der Waals surface area contributed by atoms with Crippen LogP contribution < -0.4 is 0 Å². The van der Waals surface area contributed by atoms with E-state index in [0.717, 1.165) is 11.1 Å². The number of benzene rings is 1. The summed E-state index contributed by atoms with van der Waals surface area (Å²) in [4.78, 5) is 23.6. The number of hydrogen-bond acceptors (Lipinski definition) is 2. The lowest BCUT2D eigenvalue weighted by atomic mass is 9.90. The Morgan fingerprint density at radius 2 is 2.19 bits per heavy atom. The summed E-state index contributed by atoms with van der Waals surface area (Å²) >= 11 is 0. The molecule has 1 amide bonds. The third-order valence-electron chi connectivity index (χ3n) is 3.33. The van der Waals surface area contributed by atoms with Crippen LogP contribution in [-0.4, -0.2) is 29.4 Å². The summed E-state index contributed by atoms with van der Waals surface area (Å²) < 4.78 is 0. The summed E-state index contributed by atoms with van der Waals surface area (Å²) in [5, 5.41) is 9.41. The average molecular weight is 219 g/mol. The fourth-order valence-electron chi connectivity index (χ4n) is 2.42. The SMILES string of the molecule is CN(C=O)C1(C(=O)O)CCc2ccccc21. The summed E-state index contributed by atoms with van der Waals surface area (Å²) in [5.74, 6) is -0.966. The molecule has 0 heterocycles. The molecule has 1 aliphatic carbocycles. The number of aliphatic carboxylic acids is 1. The van der Waals surface area contributed by atoms with E-state index in [1.165, 1.54) is 11.9 Å². The number of aryl methyl sites for hydroxylation is 1. The van der Waals surface area contributed by atoms with Gasteiger partial charge in [-0.25, -0.2) is 4.79 Å². The molecular weight excluding hydrogens is 206 g/mol.